The molecular weight excluding hydrogens is 333 g/mol. The zero-order valence-electron chi connectivity index (χ0n) is 8.92. The van der Waals surface area contributed by atoms with Crippen LogP contribution in [0.3, 0.4) is 0 Å². The van der Waals surface area contributed by atoms with E-state index in [1.54, 1.807) is 0 Å². The Labute approximate surface area is 112 Å². The summed E-state index contributed by atoms with van der Waals surface area (Å²) in [6.45, 7) is 0.430. The number of guanidine groups is 2. The summed E-state index contributed by atoms with van der Waals surface area (Å²) < 4.78 is 1.13. The Kier molecular flexibility index (Phi) is 5.33. The first-order valence-electron chi connectivity index (χ1n) is 4.61. The highest BCUT2D eigenvalue weighted by molar-refractivity contribution is 14.1. The number of hydrogen-bond acceptors (Lipinski definition) is 2. The largest absolute Gasteiger partial charge is 0.368 e. The summed E-state index contributed by atoms with van der Waals surface area (Å²) >= 11 is 2.22. The van der Waals surface area contributed by atoms with Gasteiger partial charge in [0.2, 0.25) is 11.9 Å². The number of nitrogens with two attached hydrogens (primary N) is 3. The lowest BCUT2D eigenvalue weighted by molar-refractivity contribution is 1.04. The van der Waals surface area contributed by atoms with Crippen molar-refractivity contribution in [3.63, 3.8) is 0 Å². The van der Waals surface area contributed by atoms with E-state index in [0.717, 1.165) is 9.13 Å². The molecule has 0 saturated heterocycles. The van der Waals surface area contributed by atoms with E-state index in [-0.39, 0.29) is 11.9 Å². The predicted molar refractivity (Wildman–Crippen MR) is 75.2 cm³/mol. The molecule has 0 aliphatic rings. The summed E-state index contributed by atoms with van der Waals surface area (Å²) in [5, 5.41) is 6.28. The standard InChI is InChI=1S/C9H12IN7/c10-7-3-1-2-6(4-7)5-14-8(11)15-9(12)16-17-13/h1-4H,5H2,(H6,11,12,13,14,15,16). The van der Waals surface area contributed by atoms with E-state index in [1.807, 2.05) is 24.3 Å². The summed E-state index contributed by atoms with van der Waals surface area (Å²) in [6, 6.07) is 7.90. The molecule has 0 amide bonds. The van der Waals surface area contributed by atoms with Gasteiger partial charge in [-0.15, -0.1) is 0 Å². The fourth-order valence-corrected chi connectivity index (χ4v) is 1.65. The second-order valence-electron chi connectivity index (χ2n) is 2.99. The molecule has 1 aromatic carbocycles. The summed E-state index contributed by atoms with van der Waals surface area (Å²) in [5.74, 6) is 4.71. The number of halogens is 1. The van der Waals surface area contributed by atoms with Gasteiger partial charge in [0.1, 0.15) is 0 Å². The van der Waals surface area contributed by atoms with Crippen molar-refractivity contribution < 1.29 is 0 Å². The van der Waals surface area contributed by atoms with Crippen LogP contribution in [0.2, 0.25) is 0 Å². The van der Waals surface area contributed by atoms with Crippen molar-refractivity contribution >= 4 is 34.5 Å². The minimum atomic E-state index is -0.128. The average molecular weight is 345 g/mol. The van der Waals surface area contributed by atoms with Crippen molar-refractivity contribution in [2.75, 3.05) is 0 Å². The van der Waals surface area contributed by atoms with Gasteiger partial charge in [0.25, 0.3) is 0 Å². The van der Waals surface area contributed by atoms with Gasteiger partial charge in [-0.3, -0.25) is 0 Å². The van der Waals surface area contributed by atoms with E-state index in [2.05, 4.69) is 42.9 Å². The number of aliphatic imine (C=N–C) groups is 2. The van der Waals surface area contributed by atoms with Crippen LogP contribution in [0.1, 0.15) is 5.56 Å². The van der Waals surface area contributed by atoms with Crippen molar-refractivity contribution in [1.82, 2.24) is 0 Å². The van der Waals surface area contributed by atoms with Crippen molar-refractivity contribution in [2.45, 2.75) is 6.54 Å². The third kappa shape index (κ3) is 5.24. The van der Waals surface area contributed by atoms with Crippen LogP contribution in [0, 0.1) is 3.57 Å². The van der Waals surface area contributed by atoms with Gasteiger partial charge in [-0.05, 0) is 40.3 Å². The van der Waals surface area contributed by atoms with Crippen molar-refractivity contribution in [3.8, 4) is 0 Å². The van der Waals surface area contributed by atoms with E-state index < -0.39 is 0 Å². The maximum absolute atomic E-state index is 5.53. The van der Waals surface area contributed by atoms with Gasteiger partial charge in [-0.25, -0.2) is 4.99 Å². The third-order valence-electron chi connectivity index (χ3n) is 1.70. The van der Waals surface area contributed by atoms with Gasteiger partial charge in [0.15, 0.2) is 0 Å². The van der Waals surface area contributed by atoms with Crippen LogP contribution in [0.4, 0.5) is 0 Å². The van der Waals surface area contributed by atoms with Gasteiger partial charge in [0, 0.05) is 3.57 Å². The van der Waals surface area contributed by atoms with Gasteiger partial charge < -0.3 is 17.3 Å². The third-order valence-corrected chi connectivity index (χ3v) is 2.37. The van der Waals surface area contributed by atoms with Crippen LogP contribution < -0.4 is 17.3 Å². The Bertz CT molecular complexity index is 466. The lowest BCUT2D eigenvalue weighted by Gasteiger charge is -1.98. The second-order valence-corrected chi connectivity index (χ2v) is 4.24. The molecule has 0 fully saturated rings. The molecule has 17 heavy (non-hydrogen) atoms. The first kappa shape index (κ1) is 13.4. The summed E-state index contributed by atoms with van der Waals surface area (Å²) in [5.41, 5.74) is 11.9. The SMILES string of the molecule is NN=NC(N)=NC(N)=NCc1cccc(I)c1. The fourth-order valence-electron chi connectivity index (χ4n) is 1.04. The zero-order chi connectivity index (χ0) is 12.7. The molecule has 0 atom stereocenters. The maximum atomic E-state index is 5.53. The highest BCUT2D eigenvalue weighted by Crippen LogP contribution is 2.08. The molecular formula is C9H12IN7. The van der Waals surface area contributed by atoms with E-state index in [1.165, 1.54) is 0 Å². The maximum Gasteiger partial charge on any atom is 0.245 e. The smallest absolute Gasteiger partial charge is 0.245 e. The molecule has 7 nitrogen and oxygen atoms in total. The Morgan fingerprint density at radius 1 is 1.24 bits per heavy atom. The number of rotatable bonds is 2. The molecule has 0 aliphatic carbocycles. The quantitative estimate of drug-likeness (QED) is 0.183. The minimum absolute atomic E-state index is 0.0359. The van der Waals surface area contributed by atoms with Crippen molar-refractivity contribution in [2.24, 2.45) is 37.6 Å². The Balaban J connectivity index is 2.68. The molecule has 1 rings (SSSR count). The molecule has 8 heteroatoms. The van der Waals surface area contributed by atoms with Gasteiger partial charge in [-0.2, -0.15) is 4.99 Å². The molecule has 0 saturated carbocycles. The monoisotopic (exact) mass is 345 g/mol. The summed E-state index contributed by atoms with van der Waals surface area (Å²) in [4.78, 5) is 7.72. The molecule has 90 valence electrons. The molecule has 0 spiro atoms. The zero-order valence-corrected chi connectivity index (χ0v) is 11.1. The second kappa shape index (κ2) is 6.78. The van der Waals surface area contributed by atoms with Crippen LogP contribution in [0.25, 0.3) is 0 Å². The number of benzene rings is 1. The van der Waals surface area contributed by atoms with Crippen LogP contribution in [0.15, 0.2) is 44.6 Å². The molecule has 0 aromatic heterocycles. The van der Waals surface area contributed by atoms with Crippen LogP contribution in [-0.2, 0) is 6.54 Å². The number of nitrogens with zero attached hydrogens (tertiary/aromatic N) is 4. The van der Waals surface area contributed by atoms with Crippen molar-refractivity contribution in [3.05, 3.63) is 33.4 Å². The van der Waals surface area contributed by atoms with Crippen LogP contribution in [0.5, 0.6) is 0 Å². The van der Waals surface area contributed by atoms with Crippen LogP contribution in [-0.4, -0.2) is 11.9 Å². The normalized spacial score (nSPS) is 13.2. The van der Waals surface area contributed by atoms with E-state index in [4.69, 9.17) is 17.3 Å². The topological polar surface area (TPSA) is 127 Å². The summed E-state index contributed by atoms with van der Waals surface area (Å²) in [7, 11) is 0. The Morgan fingerprint density at radius 2 is 2.00 bits per heavy atom. The Morgan fingerprint density at radius 3 is 2.65 bits per heavy atom. The molecule has 0 aliphatic heterocycles. The van der Waals surface area contributed by atoms with E-state index >= 15 is 0 Å². The molecule has 1 aromatic rings. The minimum Gasteiger partial charge on any atom is -0.368 e. The lowest BCUT2D eigenvalue weighted by atomic mass is 10.2. The highest BCUT2D eigenvalue weighted by atomic mass is 127. The molecule has 0 heterocycles. The first-order chi connectivity index (χ1) is 8.11. The van der Waals surface area contributed by atoms with Gasteiger partial charge >= 0.3 is 0 Å². The first-order valence-corrected chi connectivity index (χ1v) is 5.69. The van der Waals surface area contributed by atoms with E-state index in [0.29, 0.717) is 6.54 Å². The average Bonchev–Trinajstić information content (AvgIpc) is 2.27. The van der Waals surface area contributed by atoms with Gasteiger partial charge in [-0.1, -0.05) is 22.5 Å². The lowest BCUT2D eigenvalue weighted by Crippen LogP contribution is -2.17. The molecule has 6 N–H and O–H groups in total. The molecule has 0 bridgehead atoms. The predicted octanol–water partition coefficient (Wildman–Crippen LogP) is 0.747. The molecule has 0 radical (unpaired) electrons. The number of hydrogen-bond donors (Lipinski definition) is 3. The van der Waals surface area contributed by atoms with E-state index in [9.17, 15) is 0 Å². The Hall–Kier alpha value is -1.71. The summed E-state index contributed by atoms with van der Waals surface area (Å²) in [6.07, 6.45) is 0. The fraction of sp³-hybridized carbons (Fsp3) is 0.111. The van der Waals surface area contributed by atoms with Crippen LogP contribution >= 0.6 is 22.6 Å². The highest BCUT2D eigenvalue weighted by Gasteiger charge is 1.94. The van der Waals surface area contributed by atoms with Gasteiger partial charge in [0.05, 0.1) is 6.54 Å². The molecule has 0 unspecified atom stereocenters. The van der Waals surface area contributed by atoms with Crippen molar-refractivity contribution in [1.29, 1.82) is 0 Å².